The van der Waals surface area contributed by atoms with Crippen molar-refractivity contribution in [2.45, 2.75) is 39.3 Å². The van der Waals surface area contributed by atoms with E-state index in [1.807, 2.05) is 0 Å². The number of hydrogen-bond donors (Lipinski definition) is 1. The highest BCUT2D eigenvalue weighted by Gasteiger charge is 2.31. The second-order valence-electron chi connectivity index (χ2n) is 7.14. The number of benzene rings is 1. The number of carbonyl (C=O) groups is 2. The van der Waals surface area contributed by atoms with Crippen molar-refractivity contribution in [2.75, 3.05) is 18.5 Å². The van der Waals surface area contributed by atoms with Gasteiger partial charge in [0.1, 0.15) is 10.8 Å². The molecule has 0 bridgehead atoms. The van der Waals surface area contributed by atoms with Crippen molar-refractivity contribution >= 4 is 28.2 Å². The molecule has 0 fully saturated rings. The molecule has 9 heteroatoms. The molecular formula is C21H22F3NO4S. The quantitative estimate of drug-likeness (QED) is 0.635. The Hall–Kier alpha value is -2.55. The molecule has 1 aliphatic carbocycles. The molecule has 1 amide bonds. The Morgan fingerprint density at radius 1 is 1.30 bits per heavy atom. The van der Waals surface area contributed by atoms with Gasteiger partial charge in [-0.05, 0) is 55.9 Å². The van der Waals surface area contributed by atoms with E-state index in [2.05, 4.69) is 12.2 Å². The van der Waals surface area contributed by atoms with Crippen LogP contribution in [0.3, 0.4) is 0 Å². The Bertz CT molecular complexity index is 939. The molecule has 0 radical (unpaired) electrons. The summed E-state index contributed by atoms with van der Waals surface area (Å²) in [6.45, 7) is 3.57. The molecule has 1 aromatic carbocycles. The van der Waals surface area contributed by atoms with Crippen LogP contribution in [-0.2, 0) is 28.5 Å². The number of nitrogens with one attached hydrogen (secondary N) is 1. The Morgan fingerprint density at radius 3 is 2.77 bits per heavy atom. The van der Waals surface area contributed by atoms with Crippen LogP contribution >= 0.6 is 11.3 Å². The summed E-state index contributed by atoms with van der Waals surface area (Å²) in [5.41, 5.74) is 0.423. The number of halogens is 3. The summed E-state index contributed by atoms with van der Waals surface area (Å²) in [5, 5.41) is 3.06. The maximum atomic E-state index is 12.8. The van der Waals surface area contributed by atoms with Gasteiger partial charge < -0.3 is 14.8 Å². The highest BCUT2D eigenvalue weighted by molar-refractivity contribution is 7.17. The number of fused-ring (bicyclic) bond motifs is 1. The molecule has 5 nitrogen and oxygen atoms in total. The van der Waals surface area contributed by atoms with Gasteiger partial charge in [0.2, 0.25) is 0 Å². The average molecular weight is 441 g/mol. The molecule has 2 aromatic rings. The van der Waals surface area contributed by atoms with Crippen molar-refractivity contribution in [3.63, 3.8) is 0 Å². The van der Waals surface area contributed by atoms with Crippen molar-refractivity contribution < 1.29 is 32.2 Å². The van der Waals surface area contributed by atoms with E-state index in [-0.39, 0.29) is 12.4 Å². The summed E-state index contributed by atoms with van der Waals surface area (Å²) < 4.78 is 48.8. The van der Waals surface area contributed by atoms with Gasteiger partial charge >= 0.3 is 12.1 Å². The first kappa shape index (κ1) is 22.1. The predicted octanol–water partition coefficient (Wildman–Crippen LogP) is 5.09. The van der Waals surface area contributed by atoms with Gasteiger partial charge in [-0.2, -0.15) is 13.2 Å². The normalized spacial score (nSPS) is 16.0. The monoisotopic (exact) mass is 441 g/mol. The Morgan fingerprint density at radius 2 is 2.07 bits per heavy atom. The molecule has 0 saturated carbocycles. The van der Waals surface area contributed by atoms with E-state index >= 15 is 0 Å². The fourth-order valence-electron chi connectivity index (χ4n) is 3.33. The summed E-state index contributed by atoms with van der Waals surface area (Å²) in [6.07, 6.45) is -1.99. The number of thiophene rings is 1. The van der Waals surface area contributed by atoms with E-state index < -0.39 is 30.2 Å². The maximum Gasteiger partial charge on any atom is 0.416 e. The predicted molar refractivity (Wildman–Crippen MR) is 107 cm³/mol. The van der Waals surface area contributed by atoms with Crippen LogP contribution in [-0.4, -0.2) is 25.1 Å². The van der Waals surface area contributed by atoms with Crippen molar-refractivity contribution in [1.29, 1.82) is 0 Å². The Labute approximate surface area is 176 Å². The first-order chi connectivity index (χ1) is 14.2. The summed E-state index contributed by atoms with van der Waals surface area (Å²) in [6, 6.07) is 4.32. The molecule has 1 unspecified atom stereocenters. The van der Waals surface area contributed by atoms with Gasteiger partial charge in [-0.15, -0.1) is 11.3 Å². The van der Waals surface area contributed by atoms with E-state index in [4.69, 9.17) is 9.47 Å². The highest BCUT2D eigenvalue weighted by Crippen LogP contribution is 2.40. The lowest BCUT2D eigenvalue weighted by Crippen LogP contribution is -2.21. The number of amides is 1. The third kappa shape index (κ3) is 5.13. The zero-order chi connectivity index (χ0) is 21.9. The van der Waals surface area contributed by atoms with Crippen molar-refractivity contribution in [3.05, 3.63) is 45.8 Å². The highest BCUT2D eigenvalue weighted by atomic mass is 32.1. The molecule has 1 heterocycles. The zero-order valence-electron chi connectivity index (χ0n) is 16.6. The van der Waals surface area contributed by atoms with Crippen LogP contribution in [0.5, 0.6) is 5.75 Å². The summed E-state index contributed by atoms with van der Waals surface area (Å²) in [5.74, 6) is -0.632. The second kappa shape index (κ2) is 9.07. The van der Waals surface area contributed by atoms with E-state index in [9.17, 15) is 22.8 Å². The van der Waals surface area contributed by atoms with Gasteiger partial charge in [0, 0.05) is 4.88 Å². The molecule has 0 saturated heterocycles. The Kier molecular flexibility index (Phi) is 6.70. The van der Waals surface area contributed by atoms with Gasteiger partial charge in [0.25, 0.3) is 5.91 Å². The third-order valence-electron chi connectivity index (χ3n) is 4.78. The summed E-state index contributed by atoms with van der Waals surface area (Å²) in [4.78, 5) is 25.9. The smallest absolute Gasteiger partial charge is 0.416 e. The SMILES string of the molecule is CCOC(=O)c1c(NC(=O)COc2cccc(C(F)(F)F)c2)sc2c1CCC(C)C2. The molecule has 3 rings (SSSR count). The average Bonchev–Trinajstić information content (AvgIpc) is 3.03. The van der Waals surface area contributed by atoms with E-state index in [1.165, 1.54) is 23.5 Å². The fraction of sp³-hybridized carbons (Fsp3) is 0.429. The molecule has 30 heavy (non-hydrogen) atoms. The van der Waals surface area contributed by atoms with Crippen LogP contribution in [0.1, 0.15) is 46.6 Å². The molecule has 0 spiro atoms. The minimum Gasteiger partial charge on any atom is -0.484 e. The van der Waals surface area contributed by atoms with E-state index in [0.717, 1.165) is 41.8 Å². The van der Waals surface area contributed by atoms with Crippen LogP contribution < -0.4 is 10.1 Å². The number of hydrogen-bond acceptors (Lipinski definition) is 5. The lowest BCUT2D eigenvalue weighted by atomic mass is 9.88. The van der Waals surface area contributed by atoms with Gasteiger partial charge in [-0.1, -0.05) is 13.0 Å². The standard InChI is InChI=1S/C21H22F3NO4S/c1-3-28-20(27)18-15-8-7-12(2)9-16(15)30-19(18)25-17(26)11-29-14-6-4-5-13(10-14)21(22,23)24/h4-6,10,12H,3,7-9,11H2,1-2H3,(H,25,26). The molecule has 162 valence electrons. The van der Waals surface area contributed by atoms with Crippen LogP contribution in [0.15, 0.2) is 24.3 Å². The molecule has 1 N–H and O–H groups in total. The van der Waals surface area contributed by atoms with Crippen molar-refractivity contribution in [2.24, 2.45) is 5.92 Å². The molecule has 1 atom stereocenters. The number of carbonyl (C=O) groups excluding carboxylic acids is 2. The molecule has 1 aromatic heterocycles. The van der Waals surface area contributed by atoms with Crippen LogP contribution in [0.4, 0.5) is 18.2 Å². The summed E-state index contributed by atoms with van der Waals surface area (Å²) in [7, 11) is 0. The largest absolute Gasteiger partial charge is 0.484 e. The lowest BCUT2D eigenvalue weighted by molar-refractivity contribution is -0.137. The van der Waals surface area contributed by atoms with Crippen molar-refractivity contribution in [3.8, 4) is 5.75 Å². The third-order valence-corrected chi connectivity index (χ3v) is 5.95. The number of anilines is 1. The minimum atomic E-state index is -4.50. The van der Waals surface area contributed by atoms with Gasteiger partial charge in [-0.3, -0.25) is 4.79 Å². The molecule has 1 aliphatic rings. The number of rotatable bonds is 6. The maximum absolute atomic E-state index is 12.8. The second-order valence-corrected chi connectivity index (χ2v) is 8.24. The molecule has 0 aliphatic heterocycles. The van der Waals surface area contributed by atoms with E-state index in [0.29, 0.717) is 16.5 Å². The van der Waals surface area contributed by atoms with Crippen LogP contribution in [0, 0.1) is 5.92 Å². The molecular weight excluding hydrogens is 419 g/mol. The summed E-state index contributed by atoms with van der Waals surface area (Å²) >= 11 is 1.34. The Balaban J connectivity index is 1.73. The fourth-order valence-corrected chi connectivity index (χ4v) is 4.75. The van der Waals surface area contributed by atoms with Crippen LogP contribution in [0.2, 0.25) is 0 Å². The van der Waals surface area contributed by atoms with Crippen molar-refractivity contribution in [1.82, 2.24) is 0 Å². The van der Waals surface area contributed by atoms with Gasteiger partial charge in [-0.25, -0.2) is 4.79 Å². The minimum absolute atomic E-state index is 0.0649. The first-order valence-electron chi connectivity index (χ1n) is 9.60. The van der Waals surface area contributed by atoms with Crippen LogP contribution in [0.25, 0.3) is 0 Å². The van der Waals surface area contributed by atoms with E-state index in [1.54, 1.807) is 6.92 Å². The zero-order valence-corrected chi connectivity index (χ0v) is 17.4. The lowest BCUT2D eigenvalue weighted by Gasteiger charge is -2.18. The van der Waals surface area contributed by atoms with Gasteiger partial charge in [0.15, 0.2) is 6.61 Å². The number of ether oxygens (including phenoxy) is 2. The first-order valence-corrected chi connectivity index (χ1v) is 10.4. The number of alkyl halides is 3. The topological polar surface area (TPSA) is 64.6 Å². The van der Waals surface area contributed by atoms with Gasteiger partial charge in [0.05, 0.1) is 17.7 Å². The number of esters is 1.